The quantitative estimate of drug-likeness (QED) is 0.734. The summed E-state index contributed by atoms with van der Waals surface area (Å²) in [4.78, 5) is 28.4. The summed E-state index contributed by atoms with van der Waals surface area (Å²) in [6.07, 6.45) is 7.89. The molecule has 3 rings (SSSR count). The standard InChI is InChI=1S/C15H25N5O2/c21-14(16-8-7-13-17-15(22)19-18-13)11-4-3-9-20(10-11)12-5-1-2-6-12/h11-12H,1-10H2,(H,16,21)(H2,17,18,19,22). The smallest absolute Gasteiger partial charge is 0.340 e. The number of nitrogens with zero attached hydrogens (tertiary/aromatic N) is 2. The Bertz CT molecular complexity index is 546. The van der Waals surface area contributed by atoms with E-state index in [9.17, 15) is 9.59 Å². The first-order chi connectivity index (χ1) is 10.7. The number of aromatic amines is 2. The molecule has 1 unspecified atom stereocenters. The number of aromatic nitrogens is 3. The fraction of sp³-hybridized carbons (Fsp3) is 0.800. The lowest BCUT2D eigenvalue weighted by Crippen LogP contribution is -2.46. The molecule has 2 heterocycles. The highest BCUT2D eigenvalue weighted by Crippen LogP contribution is 2.27. The molecule has 1 aliphatic heterocycles. The Morgan fingerprint density at radius 2 is 2.09 bits per heavy atom. The molecule has 0 radical (unpaired) electrons. The van der Waals surface area contributed by atoms with Gasteiger partial charge in [-0.25, -0.2) is 9.89 Å². The van der Waals surface area contributed by atoms with Crippen LogP contribution in [0.25, 0.3) is 0 Å². The van der Waals surface area contributed by atoms with E-state index in [1.807, 2.05) is 0 Å². The molecular weight excluding hydrogens is 282 g/mol. The Morgan fingerprint density at radius 1 is 1.27 bits per heavy atom. The second-order valence-electron chi connectivity index (χ2n) is 6.44. The van der Waals surface area contributed by atoms with Crippen LogP contribution in [-0.2, 0) is 11.2 Å². The molecule has 122 valence electrons. The number of H-pyrrole nitrogens is 2. The van der Waals surface area contributed by atoms with Gasteiger partial charge >= 0.3 is 5.69 Å². The Labute approximate surface area is 129 Å². The minimum Gasteiger partial charge on any atom is -0.355 e. The predicted molar refractivity (Wildman–Crippen MR) is 82.5 cm³/mol. The van der Waals surface area contributed by atoms with Crippen LogP contribution in [0.2, 0.25) is 0 Å². The molecule has 1 amide bonds. The van der Waals surface area contributed by atoms with Crippen LogP contribution in [-0.4, -0.2) is 51.7 Å². The molecule has 7 nitrogen and oxygen atoms in total. The molecule has 22 heavy (non-hydrogen) atoms. The molecule has 2 fully saturated rings. The molecule has 3 N–H and O–H groups in total. The van der Waals surface area contributed by atoms with Crippen LogP contribution in [0.15, 0.2) is 4.79 Å². The summed E-state index contributed by atoms with van der Waals surface area (Å²) in [5.74, 6) is 0.828. The van der Waals surface area contributed by atoms with Gasteiger partial charge in [0.05, 0.1) is 5.92 Å². The lowest BCUT2D eigenvalue weighted by molar-refractivity contribution is -0.127. The first-order valence-corrected chi connectivity index (χ1v) is 8.37. The Hall–Kier alpha value is -1.63. The SMILES string of the molecule is O=C(NCCc1n[nH]c(=O)[nH]1)C1CCCN(C2CCCC2)C1. The van der Waals surface area contributed by atoms with Crippen LogP contribution in [0.5, 0.6) is 0 Å². The molecule has 1 aromatic heterocycles. The topological polar surface area (TPSA) is 93.9 Å². The fourth-order valence-corrected chi connectivity index (χ4v) is 3.69. The van der Waals surface area contributed by atoms with Gasteiger partial charge < -0.3 is 5.32 Å². The number of rotatable bonds is 5. The van der Waals surface area contributed by atoms with Gasteiger partial charge in [-0.05, 0) is 32.2 Å². The number of amides is 1. The molecule has 7 heteroatoms. The third-order valence-electron chi connectivity index (χ3n) is 4.88. The predicted octanol–water partition coefficient (Wildman–Crippen LogP) is 0.411. The van der Waals surface area contributed by atoms with Crippen molar-refractivity contribution in [2.45, 2.75) is 51.0 Å². The van der Waals surface area contributed by atoms with Gasteiger partial charge in [0.2, 0.25) is 5.91 Å². The monoisotopic (exact) mass is 307 g/mol. The largest absolute Gasteiger partial charge is 0.355 e. The van der Waals surface area contributed by atoms with Crippen molar-refractivity contribution in [3.05, 3.63) is 16.3 Å². The Balaban J connectivity index is 1.43. The lowest BCUT2D eigenvalue weighted by atomic mass is 9.95. The van der Waals surface area contributed by atoms with Gasteiger partial charge in [-0.2, -0.15) is 5.10 Å². The summed E-state index contributed by atoms with van der Waals surface area (Å²) in [6, 6.07) is 0.699. The minimum absolute atomic E-state index is 0.104. The number of carbonyl (C=O) groups excluding carboxylic acids is 1. The molecular formula is C15H25N5O2. The second kappa shape index (κ2) is 7.09. The molecule has 0 spiro atoms. The third-order valence-corrected chi connectivity index (χ3v) is 4.88. The van der Waals surface area contributed by atoms with Crippen molar-refractivity contribution in [2.24, 2.45) is 5.92 Å². The number of nitrogens with one attached hydrogen (secondary N) is 3. The molecule has 1 saturated heterocycles. The van der Waals surface area contributed by atoms with Crippen molar-refractivity contribution in [1.82, 2.24) is 25.4 Å². The van der Waals surface area contributed by atoms with Gasteiger partial charge in [-0.3, -0.25) is 14.7 Å². The fourth-order valence-electron chi connectivity index (χ4n) is 3.69. The van der Waals surface area contributed by atoms with Gasteiger partial charge in [0.1, 0.15) is 5.82 Å². The van der Waals surface area contributed by atoms with Crippen LogP contribution in [0.4, 0.5) is 0 Å². The Kier molecular flexibility index (Phi) is 4.92. The normalized spacial score (nSPS) is 23.7. The van der Waals surface area contributed by atoms with E-state index < -0.39 is 0 Å². The van der Waals surface area contributed by atoms with Crippen LogP contribution < -0.4 is 11.0 Å². The van der Waals surface area contributed by atoms with Crippen molar-refractivity contribution in [3.63, 3.8) is 0 Å². The average molecular weight is 307 g/mol. The van der Waals surface area contributed by atoms with Crippen molar-refractivity contribution in [2.75, 3.05) is 19.6 Å². The van der Waals surface area contributed by atoms with Gasteiger partial charge in [0, 0.05) is 25.6 Å². The maximum absolute atomic E-state index is 12.3. The number of piperidine rings is 1. The van der Waals surface area contributed by atoms with Crippen LogP contribution in [0.3, 0.4) is 0 Å². The number of hydrogen-bond acceptors (Lipinski definition) is 4. The highest BCUT2D eigenvalue weighted by atomic mass is 16.2. The van der Waals surface area contributed by atoms with Crippen molar-refractivity contribution in [3.8, 4) is 0 Å². The average Bonchev–Trinajstić information content (AvgIpc) is 3.19. The van der Waals surface area contributed by atoms with Crippen LogP contribution >= 0.6 is 0 Å². The summed E-state index contributed by atoms with van der Waals surface area (Å²) >= 11 is 0. The molecule has 1 aliphatic carbocycles. The van der Waals surface area contributed by atoms with E-state index in [0.717, 1.165) is 25.9 Å². The van der Waals surface area contributed by atoms with E-state index in [0.29, 0.717) is 24.8 Å². The lowest BCUT2D eigenvalue weighted by Gasteiger charge is -2.36. The van der Waals surface area contributed by atoms with Gasteiger partial charge in [-0.15, -0.1) is 0 Å². The number of likely N-dealkylation sites (tertiary alicyclic amines) is 1. The highest BCUT2D eigenvalue weighted by molar-refractivity contribution is 5.78. The summed E-state index contributed by atoms with van der Waals surface area (Å²) in [5.41, 5.74) is -0.305. The number of hydrogen-bond donors (Lipinski definition) is 3. The third kappa shape index (κ3) is 3.76. The molecule has 0 aromatic carbocycles. The van der Waals surface area contributed by atoms with Gasteiger partial charge in [-0.1, -0.05) is 12.8 Å². The summed E-state index contributed by atoms with van der Waals surface area (Å²) in [7, 11) is 0. The van der Waals surface area contributed by atoms with Crippen molar-refractivity contribution >= 4 is 5.91 Å². The van der Waals surface area contributed by atoms with Gasteiger partial charge in [0.15, 0.2) is 0 Å². The van der Waals surface area contributed by atoms with Crippen molar-refractivity contribution < 1.29 is 4.79 Å². The van der Waals surface area contributed by atoms with Gasteiger partial charge in [0.25, 0.3) is 0 Å². The minimum atomic E-state index is -0.305. The second-order valence-corrected chi connectivity index (χ2v) is 6.44. The highest BCUT2D eigenvalue weighted by Gasteiger charge is 2.30. The van der Waals surface area contributed by atoms with Crippen molar-refractivity contribution in [1.29, 1.82) is 0 Å². The van der Waals surface area contributed by atoms with E-state index in [1.165, 1.54) is 25.7 Å². The zero-order chi connectivity index (χ0) is 15.4. The zero-order valence-corrected chi connectivity index (χ0v) is 12.9. The Morgan fingerprint density at radius 3 is 2.82 bits per heavy atom. The summed E-state index contributed by atoms with van der Waals surface area (Å²) in [5, 5.41) is 9.14. The van der Waals surface area contributed by atoms with E-state index in [-0.39, 0.29) is 17.5 Å². The van der Waals surface area contributed by atoms with E-state index in [2.05, 4.69) is 25.4 Å². The maximum atomic E-state index is 12.3. The van der Waals surface area contributed by atoms with E-state index >= 15 is 0 Å². The maximum Gasteiger partial charge on any atom is 0.340 e. The molecule has 1 atom stereocenters. The first-order valence-electron chi connectivity index (χ1n) is 8.37. The summed E-state index contributed by atoms with van der Waals surface area (Å²) in [6.45, 7) is 2.55. The van der Waals surface area contributed by atoms with Crippen LogP contribution in [0.1, 0.15) is 44.3 Å². The summed E-state index contributed by atoms with van der Waals surface area (Å²) < 4.78 is 0. The molecule has 0 bridgehead atoms. The first kappa shape index (κ1) is 15.3. The zero-order valence-electron chi connectivity index (χ0n) is 12.9. The van der Waals surface area contributed by atoms with E-state index in [4.69, 9.17) is 0 Å². The molecule has 2 aliphatic rings. The van der Waals surface area contributed by atoms with Crippen LogP contribution in [0, 0.1) is 5.92 Å². The molecule has 1 saturated carbocycles. The molecule has 1 aromatic rings. The number of carbonyl (C=O) groups is 1. The van der Waals surface area contributed by atoms with E-state index in [1.54, 1.807) is 0 Å².